The Morgan fingerprint density at radius 1 is 1.15 bits per heavy atom. The molecule has 0 unspecified atom stereocenters. The molecule has 0 spiro atoms. The van der Waals surface area contributed by atoms with Crippen molar-refractivity contribution < 1.29 is 14.7 Å². The molecule has 0 atom stereocenters. The molecule has 3 N–H and O–H groups in total. The zero-order valence-corrected chi connectivity index (χ0v) is 12.1. The first-order valence-electron chi connectivity index (χ1n) is 7.82. The third kappa shape index (κ3) is 3.51. The first-order chi connectivity index (χ1) is 9.59. The summed E-state index contributed by atoms with van der Waals surface area (Å²) in [6.07, 6.45) is 8.22. The molecule has 1 amide bonds. The minimum absolute atomic E-state index is 0.0306. The fourth-order valence-corrected chi connectivity index (χ4v) is 3.27. The van der Waals surface area contributed by atoms with Gasteiger partial charge in [0.25, 0.3) is 0 Å². The molecule has 2 aliphatic rings. The number of carbonyl (C=O) groups is 2. The van der Waals surface area contributed by atoms with E-state index >= 15 is 0 Å². The van der Waals surface area contributed by atoms with E-state index in [2.05, 4.69) is 0 Å². The van der Waals surface area contributed by atoms with Crippen LogP contribution in [0, 0.1) is 5.41 Å². The number of aliphatic carboxylic acids is 1. The van der Waals surface area contributed by atoms with Crippen molar-refractivity contribution in [3.8, 4) is 0 Å². The molecule has 2 fully saturated rings. The van der Waals surface area contributed by atoms with Crippen molar-refractivity contribution in [2.45, 2.75) is 63.8 Å². The van der Waals surface area contributed by atoms with Gasteiger partial charge in [0.1, 0.15) is 0 Å². The number of hydrogen-bond donors (Lipinski definition) is 2. The van der Waals surface area contributed by atoms with Gasteiger partial charge in [-0.15, -0.1) is 0 Å². The summed E-state index contributed by atoms with van der Waals surface area (Å²) < 4.78 is 0. The van der Waals surface area contributed by atoms with E-state index in [4.69, 9.17) is 10.8 Å². The lowest BCUT2D eigenvalue weighted by Gasteiger charge is -2.36. The highest BCUT2D eigenvalue weighted by atomic mass is 16.4. The van der Waals surface area contributed by atoms with Gasteiger partial charge in [0.2, 0.25) is 5.91 Å². The molecule has 2 saturated carbocycles. The predicted molar refractivity (Wildman–Crippen MR) is 76.2 cm³/mol. The lowest BCUT2D eigenvalue weighted by atomic mass is 9.79. The van der Waals surface area contributed by atoms with Crippen LogP contribution in [0.5, 0.6) is 0 Å². The molecule has 0 aromatic heterocycles. The van der Waals surface area contributed by atoms with Crippen molar-refractivity contribution >= 4 is 11.9 Å². The minimum atomic E-state index is -0.842. The maximum atomic E-state index is 13.0. The number of rotatable bonds is 6. The quantitative estimate of drug-likeness (QED) is 0.727. The van der Waals surface area contributed by atoms with Crippen LogP contribution in [-0.4, -0.2) is 41.0 Å². The van der Waals surface area contributed by atoms with E-state index in [0.717, 1.165) is 38.5 Å². The van der Waals surface area contributed by atoms with Crippen LogP contribution < -0.4 is 5.73 Å². The van der Waals surface area contributed by atoms with Gasteiger partial charge in [0.15, 0.2) is 0 Å². The number of amides is 1. The summed E-state index contributed by atoms with van der Waals surface area (Å²) >= 11 is 0. The van der Waals surface area contributed by atoms with Crippen LogP contribution in [-0.2, 0) is 9.59 Å². The second-order valence-corrected chi connectivity index (χ2v) is 6.27. The summed E-state index contributed by atoms with van der Waals surface area (Å²) in [7, 11) is 0. The summed E-state index contributed by atoms with van der Waals surface area (Å²) in [6.45, 7) is 0.725. The number of hydrogen-bond acceptors (Lipinski definition) is 3. The van der Waals surface area contributed by atoms with Crippen LogP contribution in [0.15, 0.2) is 0 Å². The summed E-state index contributed by atoms with van der Waals surface area (Å²) in [4.78, 5) is 25.6. The molecule has 0 radical (unpaired) electrons. The van der Waals surface area contributed by atoms with E-state index < -0.39 is 11.4 Å². The third-order valence-corrected chi connectivity index (χ3v) is 4.72. The molecule has 0 aliphatic heterocycles. The van der Waals surface area contributed by atoms with Gasteiger partial charge in [0, 0.05) is 19.1 Å². The molecule has 5 heteroatoms. The van der Waals surface area contributed by atoms with Gasteiger partial charge in [0.05, 0.1) is 11.8 Å². The first-order valence-corrected chi connectivity index (χ1v) is 7.82. The lowest BCUT2D eigenvalue weighted by molar-refractivity contribution is -0.144. The molecular weight excluding hydrogens is 256 g/mol. The Morgan fingerprint density at radius 2 is 1.75 bits per heavy atom. The summed E-state index contributed by atoms with van der Waals surface area (Å²) in [5.74, 6) is -0.725. The zero-order chi connectivity index (χ0) is 14.6. The first kappa shape index (κ1) is 15.3. The van der Waals surface area contributed by atoms with Crippen molar-refractivity contribution in [1.82, 2.24) is 4.90 Å². The van der Waals surface area contributed by atoms with E-state index in [9.17, 15) is 9.59 Å². The SMILES string of the molecule is NCC1(C(=O)N(CCC(=O)O)C2CC2)CCCCCC1. The van der Waals surface area contributed by atoms with Crippen molar-refractivity contribution in [3.05, 3.63) is 0 Å². The molecule has 0 aromatic carbocycles. The molecule has 2 aliphatic carbocycles. The molecule has 2 rings (SSSR count). The molecule has 114 valence electrons. The molecule has 20 heavy (non-hydrogen) atoms. The Morgan fingerprint density at radius 3 is 2.20 bits per heavy atom. The van der Waals surface area contributed by atoms with E-state index in [0.29, 0.717) is 13.1 Å². The normalized spacial score (nSPS) is 22.1. The molecule has 5 nitrogen and oxygen atoms in total. The maximum Gasteiger partial charge on any atom is 0.305 e. The third-order valence-electron chi connectivity index (χ3n) is 4.72. The van der Waals surface area contributed by atoms with Crippen LogP contribution >= 0.6 is 0 Å². The van der Waals surface area contributed by atoms with E-state index in [1.54, 1.807) is 0 Å². The average molecular weight is 282 g/mol. The van der Waals surface area contributed by atoms with Crippen LogP contribution in [0.4, 0.5) is 0 Å². The second kappa shape index (κ2) is 6.57. The van der Waals surface area contributed by atoms with Crippen LogP contribution in [0.25, 0.3) is 0 Å². The van der Waals surface area contributed by atoms with Gasteiger partial charge in [-0.1, -0.05) is 25.7 Å². The smallest absolute Gasteiger partial charge is 0.305 e. The van der Waals surface area contributed by atoms with E-state index in [1.807, 2.05) is 4.90 Å². The van der Waals surface area contributed by atoms with Gasteiger partial charge in [-0.25, -0.2) is 0 Å². The highest BCUT2D eigenvalue weighted by molar-refractivity contribution is 5.84. The van der Waals surface area contributed by atoms with Crippen molar-refractivity contribution in [2.75, 3.05) is 13.1 Å². The molecule has 0 heterocycles. The Labute approximate surface area is 120 Å². The molecular formula is C15H26N2O3. The van der Waals surface area contributed by atoms with E-state index in [1.165, 1.54) is 12.8 Å². The van der Waals surface area contributed by atoms with Crippen LogP contribution in [0.1, 0.15) is 57.8 Å². The second-order valence-electron chi connectivity index (χ2n) is 6.27. The molecule has 0 aromatic rings. The maximum absolute atomic E-state index is 13.0. The Balaban J connectivity index is 2.08. The number of carbonyl (C=O) groups excluding carboxylic acids is 1. The summed E-state index contributed by atoms with van der Waals surface area (Å²) in [5.41, 5.74) is 5.53. The van der Waals surface area contributed by atoms with E-state index in [-0.39, 0.29) is 18.4 Å². The Kier molecular flexibility index (Phi) is 5.02. The summed E-state index contributed by atoms with van der Waals surface area (Å²) in [6, 6.07) is 0.258. The number of nitrogens with zero attached hydrogens (tertiary/aromatic N) is 1. The van der Waals surface area contributed by atoms with Gasteiger partial charge < -0.3 is 15.7 Å². The average Bonchev–Trinajstić information content (AvgIpc) is 3.25. The highest BCUT2D eigenvalue weighted by Gasteiger charge is 2.44. The fourth-order valence-electron chi connectivity index (χ4n) is 3.27. The van der Waals surface area contributed by atoms with Crippen molar-refractivity contribution in [2.24, 2.45) is 11.1 Å². The lowest BCUT2D eigenvalue weighted by Crippen LogP contribution is -2.49. The number of carboxylic acids is 1. The van der Waals surface area contributed by atoms with Crippen LogP contribution in [0.3, 0.4) is 0 Å². The fraction of sp³-hybridized carbons (Fsp3) is 0.867. The Hall–Kier alpha value is -1.10. The minimum Gasteiger partial charge on any atom is -0.481 e. The van der Waals surface area contributed by atoms with Gasteiger partial charge in [-0.05, 0) is 25.7 Å². The predicted octanol–water partition coefficient (Wildman–Crippen LogP) is 1.75. The van der Waals surface area contributed by atoms with Crippen molar-refractivity contribution in [1.29, 1.82) is 0 Å². The summed E-state index contributed by atoms with van der Waals surface area (Å²) in [5, 5.41) is 8.86. The van der Waals surface area contributed by atoms with Crippen molar-refractivity contribution in [3.63, 3.8) is 0 Å². The zero-order valence-electron chi connectivity index (χ0n) is 12.1. The number of carboxylic acid groups (broad SMARTS) is 1. The van der Waals surface area contributed by atoms with Gasteiger partial charge in [-0.2, -0.15) is 0 Å². The van der Waals surface area contributed by atoms with Gasteiger partial charge in [-0.3, -0.25) is 9.59 Å². The Bertz CT molecular complexity index is 358. The standard InChI is InChI=1S/C15H26N2O3/c16-11-15(8-3-1-2-4-9-15)14(20)17(12-5-6-12)10-7-13(18)19/h12H,1-11,16H2,(H,18,19). The largest absolute Gasteiger partial charge is 0.481 e. The number of nitrogens with two attached hydrogens (primary N) is 1. The monoisotopic (exact) mass is 282 g/mol. The van der Waals surface area contributed by atoms with Crippen LogP contribution in [0.2, 0.25) is 0 Å². The molecule has 0 bridgehead atoms. The molecule has 0 saturated heterocycles. The van der Waals surface area contributed by atoms with Gasteiger partial charge >= 0.3 is 5.97 Å². The topological polar surface area (TPSA) is 83.6 Å². The highest BCUT2D eigenvalue weighted by Crippen LogP contribution is 2.39.